The van der Waals surface area contributed by atoms with Crippen molar-refractivity contribution in [1.29, 1.82) is 0 Å². The van der Waals surface area contributed by atoms with Crippen LogP contribution in [-0.4, -0.2) is 49.3 Å². The van der Waals surface area contributed by atoms with E-state index in [9.17, 15) is 24.3 Å². The maximum Gasteiger partial charge on any atom is 0.325 e. The molecule has 0 aliphatic heterocycles. The topological polar surface area (TPSA) is 170 Å². The Morgan fingerprint density at radius 3 is 2.46 bits per heavy atom. The van der Waals surface area contributed by atoms with Crippen LogP contribution in [0.4, 0.5) is 5.69 Å². The van der Waals surface area contributed by atoms with Gasteiger partial charge in [0, 0.05) is 24.8 Å². The minimum atomic E-state index is -4.02. The lowest BCUT2D eigenvalue weighted by Gasteiger charge is -2.17. The Kier molecular flexibility index (Phi) is 6.09. The van der Waals surface area contributed by atoms with Crippen molar-refractivity contribution < 1.29 is 19.3 Å². The molecule has 0 saturated heterocycles. The number of nitrogens with zero attached hydrogens (tertiary/aromatic N) is 2. The minimum Gasteiger partial charge on any atom is -0.324 e. The molecule has 1 aromatic heterocycles. The van der Waals surface area contributed by atoms with Crippen molar-refractivity contribution in [2.24, 2.45) is 0 Å². The van der Waals surface area contributed by atoms with Crippen molar-refractivity contribution in [1.82, 2.24) is 14.9 Å². The Morgan fingerprint density at radius 1 is 1.19 bits per heavy atom. The maximum absolute atomic E-state index is 11.6. The number of benzene rings is 1. The van der Waals surface area contributed by atoms with Gasteiger partial charge in [0.2, 0.25) is 0 Å². The summed E-state index contributed by atoms with van der Waals surface area (Å²) in [6.45, 7) is 0.744. The highest BCUT2D eigenvalue weighted by atomic mass is 31.2. The molecular formula is C14H19N4O7P. The molecule has 0 bridgehead atoms. The van der Waals surface area contributed by atoms with E-state index in [1.807, 2.05) is 4.90 Å². The van der Waals surface area contributed by atoms with Crippen molar-refractivity contribution in [3.05, 3.63) is 48.5 Å². The summed E-state index contributed by atoms with van der Waals surface area (Å²) in [6.07, 6.45) is 0.672. The van der Waals surface area contributed by atoms with E-state index in [4.69, 9.17) is 9.79 Å². The number of nitro benzene ring substituents is 1. The summed E-state index contributed by atoms with van der Waals surface area (Å²) in [5.41, 5.74) is -1.03. The summed E-state index contributed by atoms with van der Waals surface area (Å²) in [6, 6.07) is 2.50. The Morgan fingerprint density at radius 2 is 1.85 bits per heavy atom. The molecule has 0 amide bonds. The SMILES string of the molecule is CN(CCCCP(=O)(O)O)Cc1cc([N+](=O)[O-])cc2[nH]c(=O)c(=O)[nH]c12. The predicted octanol–water partition coefficient (Wildman–Crippen LogP) is 0.514. The number of fused-ring (bicyclic) bond motifs is 1. The second-order valence-corrected chi connectivity index (χ2v) is 7.80. The molecule has 1 aromatic carbocycles. The highest BCUT2D eigenvalue weighted by Gasteiger charge is 2.16. The first-order chi connectivity index (χ1) is 12.1. The molecule has 0 aliphatic carbocycles. The fourth-order valence-corrected chi connectivity index (χ4v) is 3.22. The lowest BCUT2D eigenvalue weighted by atomic mass is 10.1. The number of aromatic amines is 2. The van der Waals surface area contributed by atoms with Crippen LogP contribution in [0.25, 0.3) is 11.0 Å². The van der Waals surface area contributed by atoms with E-state index in [0.29, 0.717) is 30.5 Å². The van der Waals surface area contributed by atoms with Crippen molar-refractivity contribution in [3.63, 3.8) is 0 Å². The van der Waals surface area contributed by atoms with Gasteiger partial charge in [-0.3, -0.25) is 24.3 Å². The first kappa shape index (κ1) is 20.0. The molecule has 0 atom stereocenters. The summed E-state index contributed by atoms with van der Waals surface area (Å²) in [5, 5.41) is 11.1. The molecule has 0 spiro atoms. The van der Waals surface area contributed by atoms with Crippen LogP contribution in [0.3, 0.4) is 0 Å². The molecule has 142 valence electrons. The maximum atomic E-state index is 11.6. The van der Waals surface area contributed by atoms with Gasteiger partial charge in [0.1, 0.15) is 0 Å². The van der Waals surface area contributed by atoms with Crippen LogP contribution < -0.4 is 11.1 Å². The van der Waals surface area contributed by atoms with E-state index in [2.05, 4.69) is 9.97 Å². The second-order valence-electron chi connectivity index (χ2n) is 6.03. The number of hydrogen-bond acceptors (Lipinski definition) is 6. The molecule has 11 nitrogen and oxygen atoms in total. The third-order valence-corrected chi connectivity index (χ3v) is 4.69. The minimum absolute atomic E-state index is 0.161. The highest BCUT2D eigenvalue weighted by Crippen LogP contribution is 2.35. The fourth-order valence-electron chi connectivity index (χ4n) is 2.58. The second kappa shape index (κ2) is 7.92. The Balaban J connectivity index is 2.23. The zero-order chi connectivity index (χ0) is 19.5. The quantitative estimate of drug-likeness (QED) is 0.167. The predicted molar refractivity (Wildman–Crippen MR) is 94.3 cm³/mol. The van der Waals surface area contributed by atoms with Crippen LogP contribution >= 0.6 is 7.60 Å². The van der Waals surface area contributed by atoms with Crippen molar-refractivity contribution >= 4 is 24.3 Å². The lowest BCUT2D eigenvalue weighted by Crippen LogP contribution is -2.29. The van der Waals surface area contributed by atoms with E-state index in [1.165, 1.54) is 12.1 Å². The smallest absolute Gasteiger partial charge is 0.324 e. The first-order valence-corrected chi connectivity index (χ1v) is 9.53. The number of nitrogens with one attached hydrogen (secondary N) is 2. The van der Waals surface area contributed by atoms with E-state index < -0.39 is 23.6 Å². The van der Waals surface area contributed by atoms with E-state index in [-0.39, 0.29) is 23.9 Å². The molecule has 0 saturated carbocycles. The molecule has 0 fully saturated rings. The number of H-pyrrole nitrogens is 2. The van der Waals surface area contributed by atoms with Gasteiger partial charge in [-0.25, -0.2) is 0 Å². The average molecular weight is 386 g/mol. The van der Waals surface area contributed by atoms with Gasteiger partial charge >= 0.3 is 18.7 Å². The number of aromatic nitrogens is 2. The molecule has 2 aromatic rings. The van der Waals surface area contributed by atoms with Gasteiger partial charge in [0.25, 0.3) is 5.69 Å². The van der Waals surface area contributed by atoms with Crippen molar-refractivity contribution in [3.8, 4) is 0 Å². The summed E-state index contributed by atoms with van der Waals surface area (Å²) in [5.74, 6) is 0. The molecule has 1 heterocycles. The van der Waals surface area contributed by atoms with Crippen LogP contribution in [-0.2, 0) is 11.1 Å². The standard InChI is InChI=1S/C14H19N4O7P/c1-17(4-2-3-5-26(23,24)25)8-9-6-10(18(21)22)7-11-12(9)16-14(20)13(19)15-11/h6-7H,2-5,8H2,1H3,(H,15,19)(H,16,20)(H2,23,24,25). The monoisotopic (exact) mass is 386 g/mol. The van der Waals surface area contributed by atoms with Gasteiger partial charge in [0.05, 0.1) is 16.0 Å². The zero-order valence-corrected chi connectivity index (χ0v) is 14.9. The van der Waals surface area contributed by atoms with Gasteiger partial charge in [-0.15, -0.1) is 0 Å². The Bertz CT molecular complexity index is 977. The molecular weight excluding hydrogens is 367 g/mol. The molecule has 2 rings (SSSR count). The summed E-state index contributed by atoms with van der Waals surface area (Å²) >= 11 is 0. The first-order valence-electron chi connectivity index (χ1n) is 7.73. The van der Waals surface area contributed by atoms with Crippen LogP contribution in [0.5, 0.6) is 0 Å². The van der Waals surface area contributed by atoms with Gasteiger partial charge < -0.3 is 24.7 Å². The average Bonchev–Trinajstić information content (AvgIpc) is 2.52. The number of unbranched alkanes of at least 4 members (excludes halogenated alkanes) is 1. The third kappa shape index (κ3) is 5.33. The summed E-state index contributed by atoms with van der Waals surface area (Å²) in [4.78, 5) is 57.8. The molecule has 0 radical (unpaired) electrons. The molecule has 4 N–H and O–H groups in total. The van der Waals surface area contributed by atoms with Crippen LogP contribution in [0.2, 0.25) is 0 Å². The lowest BCUT2D eigenvalue weighted by molar-refractivity contribution is -0.384. The number of hydrogen-bond donors (Lipinski definition) is 4. The largest absolute Gasteiger partial charge is 0.325 e. The molecule has 0 aliphatic rings. The fraction of sp³-hybridized carbons (Fsp3) is 0.429. The van der Waals surface area contributed by atoms with E-state index in [0.717, 1.165) is 0 Å². The van der Waals surface area contributed by atoms with Gasteiger partial charge in [-0.2, -0.15) is 0 Å². The third-order valence-electron chi connectivity index (χ3n) is 3.79. The number of nitro groups is 1. The van der Waals surface area contributed by atoms with Crippen LogP contribution in [0, 0.1) is 10.1 Å². The van der Waals surface area contributed by atoms with Gasteiger partial charge in [-0.1, -0.05) is 0 Å². The Labute approximate surface area is 147 Å². The van der Waals surface area contributed by atoms with Gasteiger partial charge in [-0.05, 0) is 32.0 Å². The van der Waals surface area contributed by atoms with E-state index in [1.54, 1.807) is 7.05 Å². The number of non-ortho nitro benzene ring substituents is 1. The zero-order valence-electron chi connectivity index (χ0n) is 14.0. The van der Waals surface area contributed by atoms with Crippen molar-refractivity contribution in [2.45, 2.75) is 19.4 Å². The molecule has 0 unspecified atom stereocenters. The molecule has 26 heavy (non-hydrogen) atoms. The summed E-state index contributed by atoms with van der Waals surface area (Å²) < 4.78 is 10.8. The normalized spacial score (nSPS) is 12.0. The highest BCUT2D eigenvalue weighted by molar-refractivity contribution is 7.51. The van der Waals surface area contributed by atoms with Crippen LogP contribution in [0.1, 0.15) is 18.4 Å². The van der Waals surface area contributed by atoms with Gasteiger partial charge in [0.15, 0.2) is 0 Å². The van der Waals surface area contributed by atoms with Crippen LogP contribution in [0.15, 0.2) is 21.7 Å². The van der Waals surface area contributed by atoms with E-state index >= 15 is 0 Å². The summed E-state index contributed by atoms with van der Waals surface area (Å²) in [7, 11) is -2.28. The number of rotatable bonds is 8. The Hall–Kier alpha value is -2.33. The molecule has 12 heteroatoms. The van der Waals surface area contributed by atoms with Crippen molar-refractivity contribution in [2.75, 3.05) is 19.8 Å².